The molecule has 7 heteroatoms. The van der Waals surface area contributed by atoms with Gasteiger partial charge in [0.1, 0.15) is 0 Å². The summed E-state index contributed by atoms with van der Waals surface area (Å²) in [4.78, 5) is 11.4. The van der Waals surface area contributed by atoms with Gasteiger partial charge in [-0.15, -0.1) is 0 Å². The third kappa shape index (κ3) is 7.09. The summed E-state index contributed by atoms with van der Waals surface area (Å²) in [5.74, 6) is -0.129. The normalized spacial score (nSPS) is 9.79. The highest BCUT2D eigenvalue weighted by Gasteiger charge is 2.02. The number of thiocarbonyl (C=S) groups is 1. The molecule has 1 aromatic rings. The molecule has 0 saturated heterocycles. The first-order valence-electron chi connectivity index (χ1n) is 5.68. The predicted octanol–water partition coefficient (Wildman–Crippen LogP) is 1.50. The van der Waals surface area contributed by atoms with Gasteiger partial charge in [-0.3, -0.25) is 4.79 Å². The molecule has 0 radical (unpaired) electrons. The maximum absolute atomic E-state index is 11.4. The van der Waals surface area contributed by atoms with Gasteiger partial charge in [0.2, 0.25) is 5.91 Å². The van der Waals surface area contributed by atoms with Crippen LogP contribution in [0.15, 0.2) is 28.7 Å². The van der Waals surface area contributed by atoms with E-state index in [1.165, 1.54) is 0 Å². The van der Waals surface area contributed by atoms with Gasteiger partial charge in [-0.1, -0.05) is 22.0 Å². The fraction of sp³-hybridized carbons (Fsp3) is 0.333. The predicted molar refractivity (Wildman–Crippen MR) is 83.3 cm³/mol. The maximum Gasteiger partial charge on any atom is 0.239 e. The molecule has 0 saturated carbocycles. The fourth-order valence-electron chi connectivity index (χ4n) is 1.26. The Morgan fingerprint density at radius 2 is 2.21 bits per heavy atom. The van der Waals surface area contributed by atoms with Crippen LogP contribution in [0, 0.1) is 0 Å². The van der Waals surface area contributed by atoms with E-state index in [4.69, 9.17) is 17.0 Å². The van der Waals surface area contributed by atoms with Crippen molar-refractivity contribution in [3.05, 3.63) is 28.7 Å². The number of nitrogens with one attached hydrogen (secondary N) is 3. The Bertz CT molecular complexity index is 443. The summed E-state index contributed by atoms with van der Waals surface area (Å²) < 4.78 is 5.79. The van der Waals surface area contributed by atoms with Crippen LogP contribution in [-0.2, 0) is 9.53 Å². The van der Waals surface area contributed by atoms with Gasteiger partial charge in [0.15, 0.2) is 5.11 Å². The minimum atomic E-state index is -0.129. The lowest BCUT2D eigenvalue weighted by Crippen LogP contribution is -2.39. The number of carbonyl (C=O) groups excluding carboxylic acids is 1. The molecule has 0 fully saturated rings. The van der Waals surface area contributed by atoms with Gasteiger partial charge in [-0.25, -0.2) is 0 Å². The second-order valence-corrected chi connectivity index (χ2v) is 4.98. The lowest BCUT2D eigenvalue weighted by molar-refractivity contribution is -0.120. The monoisotopic (exact) mass is 345 g/mol. The molecule has 104 valence electrons. The van der Waals surface area contributed by atoms with Crippen LogP contribution in [0.2, 0.25) is 0 Å². The fourth-order valence-corrected chi connectivity index (χ4v) is 1.85. The molecule has 0 heterocycles. The van der Waals surface area contributed by atoms with Crippen LogP contribution in [0.4, 0.5) is 5.69 Å². The number of methoxy groups -OCH3 is 1. The summed E-state index contributed by atoms with van der Waals surface area (Å²) in [5.41, 5.74) is 0.853. The number of benzene rings is 1. The maximum atomic E-state index is 11.4. The van der Waals surface area contributed by atoms with E-state index in [-0.39, 0.29) is 12.5 Å². The highest BCUT2D eigenvalue weighted by molar-refractivity contribution is 9.10. The molecule has 3 N–H and O–H groups in total. The topological polar surface area (TPSA) is 62.4 Å². The summed E-state index contributed by atoms with van der Waals surface area (Å²) in [6, 6.07) is 7.60. The summed E-state index contributed by atoms with van der Waals surface area (Å²) in [7, 11) is 1.58. The molecule has 0 spiro atoms. The molecule has 0 bridgehead atoms. The average molecular weight is 346 g/mol. The zero-order chi connectivity index (χ0) is 14.1. The molecule has 5 nitrogen and oxygen atoms in total. The Hall–Kier alpha value is -1.18. The van der Waals surface area contributed by atoms with Crippen molar-refractivity contribution in [3.63, 3.8) is 0 Å². The summed E-state index contributed by atoms with van der Waals surface area (Å²) in [6.07, 6.45) is 0. The van der Waals surface area contributed by atoms with E-state index in [1.54, 1.807) is 7.11 Å². The first kappa shape index (κ1) is 15.9. The van der Waals surface area contributed by atoms with Crippen LogP contribution < -0.4 is 16.0 Å². The van der Waals surface area contributed by atoms with Crippen molar-refractivity contribution in [2.75, 3.05) is 32.1 Å². The number of hydrogen-bond donors (Lipinski definition) is 3. The summed E-state index contributed by atoms with van der Waals surface area (Å²) in [5, 5.41) is 8.91. The van der Waals surface area contributed by atoms with Crippen molar-refractivity contribution in [1.29, 1.82) is 0 Å². The highest BCUT2D eigenvalue weighted by atomic mass is 79.9. The van der Waals surface area contributed by atoms with Crippen LogP contribution in [0.1, 0.15) is 0 Å². The smallest absolute Gasteiger partial charge is 0.239 e. The zero-order valence-electron chi connectivity index (χ0n) is 10.5. The number of anilines is 1. The van der Waals surface area contributed by atoms with Gasteiger partial charge in [0.25, 0.3) is 0 Å². The molecule has 1 amide bonds. The molecule has 0 unspecified atom stereocenters. The first-order valence-corrected chi connectivity index (χ1v) is 6.88. The minimum absolute atomic E-state index is 0.129. The van der Waals surface area contributed by atoms with Gasteiger partial charge < -0.3 is 20.7 Å². The van der Waals surface area contributed by atoms with Gasteiger partial charge in [0.05, 0.1) is 13.2 Å². The van der Waals surface area contributed by atoms with Crippen molar-refractivity contribution in [2.24, 2.45) is 0 Å². The Labute approximate surface area is 126 Å². The molecular weight excluding hydrogens is 330 g/mol. The lowest BCUT2D eigenvalue weighted by Gasteiger charge is -2.10. The van der Waals surface area contributed by atoms with Crippen LogP contribution in [0.3, 0.4) is 0 Å². The molecule has 0 aliphatic heterocycles. The molecule has 19 heavy (non-hydrogen) atoms. The van der Waals surface area contributed by atoms with Crippen LogP contribution in [0.25, 0.3) is 0 Å². The largest absolute Gasteiger partial charge is 0.383 e. The highest BCUT2D eigenvalue weighted by Crippen LogP contribution is 2.15. The third-order valence-corrected chi connectivity index (χ3v) is 2.86. The quantitative estimate of drug-likeness (QED) is 0.538. The van der Waals surface area contributed by atoms with Crippen molar-refractivity contribution < 1.29 is 9.53 Å². The standard InChI is InChI=1S/C12H16BrN3O2S/c1-18-6-5-14-11(17)8-15-12(19)16-10-4-2-3-9(13)7-10/h2-4,7H,5-6,8H2,1H3,(H,14,17)(H2,15,16,19). The van der Waals surface area contributed by atoms with Crippen molar-refractivity contribution in [1.82, 2.24) is 10.6 Å². The average Bonchev–Trinajstić information content (AvgIpc) is 2.37. The van der Waals surface area contributed by atoms with Crippen LogP contribution in [0.5, 0.6) is 0 Å². The number of ether oxygens (including phenoxy) is 1. The zero-order valence-corrected chi connectivity index (χ0v) is 12.9. The lowest BCUT2D eigenvalue weighted by atomic mass is 10.3. The molecule has 0 aliphatic rings. The van der Waals surface area contributed by atoms with Crippen LogP contribution in [-0.4, -0.2) is 37.8 Å². The van der Waals surface area contributed by atoms with Crippen molar-refractivity contribution in [2.45, 2.75) is 0 Å². The molecule has 1 rings (SSSR count). The first-order chi connectivity index (χ1) is 9.11. The second-order valence-electron chi connectivity index (χ2n) is 3.66. The second kappa shape index (κ2) is 8.84. The number of hydrogen-bond acceptors (Lipinski definition) is 3. The van der Waals surface area contributed by atoms with Gasteiger partial charge in [-0.2, -0.15) is 0 Å². The van der Waals surface area contributed by atoms with Gasteiger partial charge >= 0.3 is 0 Å². The van der Waals surface area contributed by atoms with E-state index in [2.05, 4.69) is 31.9 Å². The van der Waals surface area contributed by atoms with E-state index in [0.29, 0.717) is 18.3 Å². The minimum Gasteiger partial charge on any atom is -0.383 e. The van der Waals surface area contributed by atoms with E-state index in [1.807, 2.05) is 24.3 Å². The van der Waals surface area contributed by atoms with E-state index >= 15 is 0 Å². The Morgan fingerprint density at radius 1 is 1.42 bits per heavy atom. The molecule has 0 atom stereocenters. The van der Waals surface area contributed by atoms with E-state index in [0.717, 1.165) is 10.2 Å². The number of halogens is 1. The summed E-state index contributed by atoms with van der Waals surface area (Å²) >= 11 is 8.46. The summed E-state index contributed by atoms with van der Waals surface area (Å²) in [6.45, 7) is 1.11. The molecule has 0 aromatic heterocycles. The van der Waals surface area contributed by atoms with E-state index < -0.39 is 0 Å². The number of rotatable bonds is 6. The van der Waals surface area contributed by atoms with Crippen molar-refractivity contribution in [3.8, 4) is 0 Å². The third-order valence-electron chi connectivity index (χ3n) is 2.12. The number of carbonyl (C=O) groups is 1. The SMILES string of the molecule is COCCNC(=O)CNC(=S)Nc1cccc(Br)c1. The Balaban J connectivity index is 2.26. The Kier molecular flexibility index (Phi) is 7.39. The molecular formula is C12H16BrN3O2S. The van der Waals surface area contributed by atoms with E-state index in [9.17, 15) is 4.79 Å². The van der Waals surface area contributed by atoms with Crippen LogP contribution >= 0.6 is 28.1 Å². The van der Waals surface area contributed by atoms with Gasteiger partial charge in [-0.05, 0) is 30.4 Å². The number of amides is 1. The van der Waals surface area contributed by atoms with Gasteiger partial charge in [0, 0.05) is 23.8 Å². The molecule has 1 aromatic carbocycles. The molecule has 0 aliphatic carbocycles. The van der Waals surface area contributed by atoms with Crippen molar-refractivity contribution >= 4 is 44.9 Å². The Morgan fingerprint density at radius 3 is 2.89 bits per heavy atom.